The first-order valence-electron chi connectivity index (χ1n) is 31.2. The third kappa shape index (κ3) is 6.99. The van der Waals surface area contributed by atoms with Gasteiger partial charge in [-0.3, -0.25) is 0 Å². The quantitative estimate of drug-likeness (QED) is 0.157. The smallest absolute Gasteiger partial charge is 0.0726 e. The molecule has 87 heavy (non-hydrogen) atoms. The third-order valence-corrected chi connectivity index (χ3v) is 21.1. The molecule has 12 aromatic rings. The topological polar surface area (TPSA) is 6.48 Å². The lowest BCUT2D eigenvalue weighted by atomic mass is 9.70. The molecule has 0 aliphatic heterocycles. The van der Waals surface area contributed by atoms with Crippen molar-refractivity contribution in [2.75, 3.05) is 9.80 Å². The van der Waals surface area contributed by atoms with Crippen LogP contribution in [0.1, 0.15) is 114 Å². The molecule has 0 radical (unpaired) electrons. The highest BCUT2D eigenvalue weighted by atomic mass is 15.2. The van der Waals surface area contributed by atoms with Crippen LogP contribution in [0.25, 0.3) is 66.8 Å². The second kappa shape index (κ2) is 18.1. The molecule has 0 fully saturated rings. The molecular formula is C85H68N2. The molecule has 12 aromatic carbocycles. The van der Waals surface area contributed by atoms with Crippen LogP contribution in [0.15, 0.2) is 249 Å². The molecule has 0 saturated carbocycles. The molecule has 0 aromatic heterocycles. The van der Waals surface area contributed by atoms with E-state index >= 15 is 0 Å². The molecular weight excluding hydrogens is 1050 g/mol. The van der Waals surface area contributed by atoms with Crippen molar-refractivity contribution in [1.82, 2.24) is 0 Å². The van der Waals surface area contributed by atoms with Gasteiger partial charge in [0.1, 0.15) is 0 Å². The van der Waals surface area contributed by atoms with Crippen molar-refractivity contribution in [1.29, 1.82) is 0 Å². The molecule has 0 saturated heterocycles. The zero-order valence-electron chi connectivity index (χ0n) is 51.1. The first kappa shape index (κ1) is 51.6. The van der Waals surface area contributed by atoms with Gasteiger partial charge in [0.15, 0.2) is 0 Å². The number of nitrogens with zero attached hydrogens (tertiary/aromatic N) is 2. The van der Waals surface area contributed by atoms with Crippen LogP contribution in [-0.4, -0.2) is 0 Å². The Morgan fingerprint density at radius 2 is 0.644 bits per heavy atom. The van der Waals surface area contributed by atoms with Crippen LogP contribution in [0.5, 0.6) is 0 Å². The number of anilines is 6. The molecule has 0 N–H and O–H groups in total. The van der Waals surface area contributed by atoms with E-state index in [1.807, 2.05) is 0 Å². The largest absolute Gasteiger partial charge is 0.310 e. The van der Waals surface area contributed by atoms with Gasteiger partial charge in [-0.15, -0.1) is 0 Å². The van der Waals surface area contributed by atoms with E-state index in [1.54, 1.807) is 0 Å². The minimum Gasteiger partial charge on any atom is -0.310 e. The predicted molar refractivity (Wildman–Crippen MR) is 364 cm³/mol. The molecule has 5 aliphatic rings. The van der Waals surface area contributed by atoms with Gasteiger partial charge in [-0.2, -0.15) is 0 Å². The standard InChI is InChI=1S/C85H68N2/c1-51-32-41-63-65-44-39-57(49-76(65)82(4,5)74(63)46-51)86(58-40-45-66-64-42-33-52(2)47-75(64)83(6,7)77(66)50-58)56-38-43-59(53(3)48-56)54-34-36-55(37-35-54)87(79-31-18-24-67-62-22-10-14-25-69(62)84(8,9)81(67)79)78-30-19-29-73-80(78)68-23-13-17-28-72(68)85(73)70-26-15-11-20-60(70)61-21-12-16-27-71(61)85/h10-50H,1-9H3. The van der Waals surface area contributed by atoms with Crippen LogP contribution in [-0.2, 0) is 21.7 Å². The molecule has 418 valence electrons. The van der Waals surface area contributed by atoms with E-state index in [-0.39, 0.29) is 16.2 Å². The monoisotopic (exact) mass is 1120 g/mol. The van der Waals surface area contributed by atoms with Gasteiger partial charge in [0, 0.05) is 44.6 Å². The summed E-state index contributed by atoms with van der Waals surface area (Å²) in [5, 5.41) is 0. The summed E-state index contributed by atoms with van der Waals surface area (Å²) in [6, 6.07) is 95.5. The van der Waals surface area contributed by atoms with Crippen molar-refractivity contribution in [3.63, 3.8) is 0 Å². The number of fused-ring (bicyclic) bond motifs is 19. The summed E-state index contributed by atoms with van der Waals surface area (Å²) >= 11 is 0. The van der Waals surface area contributed by atoms with E-state index in [1.165, 1.54) is 150 Å². The molecule has 17 rings (SSSR count). The minimum absolute atomic E-state index is 0.150. The van der Waals surface area contributed by atoms with Crippen molar-refractivity contribution < 1.29 is 0 Å². The van der Waals surface area contributed by atoms with Crippen molar-refractivity contribution in [2.45, 2.75) is 84.0 Å². The average molecular weight is 1120 g/mol. The predicted octanol–water partition coefficient (Wildman–Crippen LogP) is 22.5. The second-order valence-electron chi connectivity index (χ2n) is 27.0. The highest BCUT2D eigenvalue weighted by Gasteiger charge is 2.53. The minimum atomic E-state index is -0.470. The van der Waals surface area contributed by atoms with Crippen LogP contribution < -0.4 is 9.80 Å². The van der Waals surface area contributed by atoms with Gasteiger partial charge in [-0.05, 0) is 204 Å². The van der Waals surface area contributed by atoms with E-state index in [0.717, 1.165) is 22.7 Å². The number of benzene rings is 12. The Hall–Kier alpha value is -9.76. The summed E-state index contributed by atoms with van der Waals surface area (Å²) in [4.78, 5) is 5.11. The molecule has 0 unspecified atom stereocenters. The summed E-state index contributed by atoms with van der Waals surface area (Å²) < 4.78 is 0. The first-order chi connectivity index (χ1) is 42.1. The fourth-order valence-electron chi connectivity index (χ4n) is 17.0. The summed E-state index contributed by atoms with van der Waals surface area (Å²) in [6.07, 6.45) is 0. The molecule has 5 aliphatic carbocycles. The van der Waals surface area contributed by atoms with Crippen LogP contribution in [0.4, 0.5) is 34.1 Å². The van der Waals surface area contributed by atoms with E-state index in [0.29, 0.717) is 0 Å². The van der Waals surface area contributed by atoms with E-state index in [2.05, 4.69) is 321 Å². The zero-order chi connectivity index (χ0) is 59.0. The second-order valence-corrected chi connectivity index (χ2v) is 27.0. The summed E-state index contributed by atoms with van der Waals surface area (Å²) in [5.74, 6) is 0. The molecule has 0 heterocycles. The third-order valence-electron chi connectivity index (χ3n) is 21.1. The molecule has 0 atom stereocenters. The molecule has 0 amide bonds. The van der Waals surface area contributed by atoms with Crippen molar-refractivity contribution in [3.8, 4) is 66.8 Å². The Morgan fingerprint density at radius 3 is 1.20 bits per heavy atom. The summed E-state index contributed by atoms with van der Waals surface area (Å²) in [7, 11) is 0. The van der Waals surface area contributed by atoms with Crippen LogP contribution in [0.2, 0.25) is 0 Å². The fraction of sp³-hybridized carbons (Fsp3) is 0.153. The number of aryl methyl sites for hydroxylation is 3. The summed E-state index contributed by atoms with van der Waals surface area (Å²) in [6.45, 7) is 21.1. The number of hydrogen-bond donors (Lipinski definition) is 0. The molecule has 0 bridgehead atoms. The van der Waals surface area contributed by atoms with Gasteiger partial charge < -0.3 is 9.80 Å². The van der Waals surface area contributed by atoms with Crippen LogP contribution in [0.3, 0.4) is 0 Å². The van der Waals surface area contributed by atoms with Crippen molar-refractivity contribution in [2.24, 2.45) is 0 Å². The van der Waals surface area contributed by atoms with E-state index < -0.39 is 5.41 Å². The lowest BCUT2D eigenvalue weighted by molar-refractivity contribution is 0.659. The van der Waals surface area contributed by atoms with Gasteiger partial charge in [0.05, 0.1) is 16.8 Å². The average Bonchev–Trinajstić information content (AvgIpc) is 1.52. The highest BCUT2D eigenvalue weighted by Crippen LogP contribution is 2.66. The van der Waals surface area contributed by atoms with Gasteiger partial charge in [0.2, 0.25) is 0 Å². The maximum absolute atomic E-state index is 2.60. The van der Waals surface area contributed by atoms with Gasteiger partial charge in [0.25, 0.3) is 0 Å². The Labute approximate surface area is 512 Å². The fourth-order valence-corrected chi connectivity index (χ4v) is 17.0. The van der Waals surface area contributed by atoms with Gasteiger partial charge in [-0.25, -0.2) is 0 Å². The summed E-state index contributed by atoms with van der Waals surface area (Å²) in [5.41, 5.74) is 38.9. The lowest BCUT2D eigenvalue weighted by Crippen LogP contribution is -2.26. The van der Waals surface area contributed by atoms with E-state index in [4.69, 9.17) is 0 Å². The van der Waals surface area contributed by atoms with Crippen molar-refractivity contribution >= 4 is 34.1 Å². The van der Waals surface area contributed by atoms with Crippen LogP contribution >= 0.6 is 0 Å². The SMILES string of the molecule is Cc1ccc2c(c1)C(C)(C)c1cc(N(c3ccc(-c4ccc(N(c5cccc6c5-c5ccccc5C65c6ccccc6-c6ccccc65)c5cccc6c5C(C)(C)c5ccccc5-6)cc4)c(C)c3)c3ccc4c(c3)C(C)(C)c3cc(C)ccc3-4)ccc1-2. The molecule has 1 spiro atoms. The lowest BCUT2D eigenvalue weighted by Gasteiger charge is -2.34. The number of rotatable bonds is 7. The normalized spacial score (nSPS) is 15.3. The maximum atomic E-state index is 2.60. The Bertz CT molecular complexity index is 4790. The number of hydrogen-bond acceptors (Lipinski definition) is 2. The van der Waals surface area contributed by atoms with E-state index in [9.17, 15) is 0 Å². The van der Waals surface area contributed by atoms with Gasteiger partial charge in [-0.1, -0.05) is 241 Å². The Kier molecular flexibility index (Phi) is 10.8. The highest BCUT2D eigenvalue weighted by molar-refractivity contribution is 6.03. The van der Waals surface area contributed by atoms with Crippen LogP contribution in [0, 0.1) is 20.8 Å². The Morgan fingerprint density at radius 1 is 0.253 bits per heavy atom. The first-order valence-corrected chi connectivity index (χ1v) is 31.2. The Balaban J connectivity index is 0.815. The van der Waals surface area contributed by atoms with Gasteiger partial charge >= 0.3 is 0 Å². The molecule has 2 heteroatoms. The zero-order valence-corrected chi connectivity index (χ0v) is 51.1. The maximum Gasteiger partial charge on any atom is 0.0726 e. The molecule has 2 nitrogen and oxygen atoms in total. The van der Waals surface area contributed by atoms with Crippen molar-refractivity contribution in [3.05, 3.63) is 321 Å².